The summed E-state index contributed by atoms with van der Waals surface area (Å²) in [5.74, 6) is -0.242. The zero-order valence-corrected chi connectivity index (χ0v) is 16.3. The molecule has 0 amide bonds. The Morgan fingerprint density at radius 1 is 1.16 bits per heavy atom. The molecule has 0 aliphatic carbocycles. The van der Waals surface area contributed by atoms with Gasteiger partial charge in [-0.1, -0.05) is 20.8 Å². The predicted molar refractivity (Wildman–Crippen MR) is 98.6 cm³/mol. The molecular weight excluding hydrogens is 318 g/mol. The lowest BCUT2D eigenvalue weighted by Crippen LogP contribution is -2.27. The van der Waals surface area contributed by atoms with Crippen LogP contribution in [-0.4, -0.2) is 25.7 Å². The lowest BCUT2D eigenvalue weighted by Gasteiger charge is -2.19. The quantitative estimate of drug-likeness (QED) is 0.797. The van der Waals surface area contributed by atoms with Crippen LogP contribution >= 0.6 is 0 Å². The summed E-state index contributed by atoms with van der Waals surface area (Å²) in [5, 5.41) is 0. The van der Waals surface area contributed by atoms with E-state index in [-0.39, 0.29) is 23.5 Å². The smallest absolute Gasteiger partial charge is 0.330 e. The molecule has 0 aliphatic heterocycles. The molecule has 0 saturated heterocycles. The molecule has 6 heteroatoms. The van der Waals surface area contributed by atoms with Gasteiger partial charge < -0.3 is 4.74 Å². The van der Waals surface area contributed by atoms with Crippen LogP contribution in [-0.2, 0) is 29.5 Å². The van der Waals surface area contributed by atoms with Crippen LogP contribution in [0, 0.1) is 5.41 Å². The van der Waals surface area contributed by atoms with Gasteiger partial charge in [-0.2, -0.15) is 0 Å². The molecule has 0 aliphatic rings. The molecule has 0 saturated carbocycles. The number of aromatic nitrogens is 3. The molecule has 2 heterocycles. The van der Waals surface area contributed by atoms with Crippen LogP contribution in [0.15, 0.2) is 16.9 Å². The number of fused-ring (bicyclic) bond motifs is 1. The Kier molecular flexibility index (Phi) is 5.11. The van der Waals surface area contributed by atoms with Crippen molar-refractivity contribution < 1.29 is 9.53 Å². The topological polar surface area (TPSA) is 66.1 Å². The maximum Gasteiger partial charge on any atom is 0.330 e. The summed E-state index contributed by atoms with van der Waals surface area (Å²) in [6.45, 7) is 12.5. The van der Waals surface area contributed by atoms with Crippen LogP contribution in [0.25, 0.3) is 11.2 Å². The Balaban J connectivity index is 2.24. The van der Waals surface area contributed by atoms with Gasteiger partial charge >= 0.3 is 11.7 Å². The molecule has 138 valence electrons. The summed E-state index contributed by atoms with van der Waals surface area (Å²) in [5.41, 5.74) is 1.69. The minimum absolute atomic E-state index is 0.00645. The zero-order valence-electron chi connectivity index (χ0n) is 16.3. The van der Waals surface area contributed by atoms with Crippen LogP contribution in [0.4, 0.5) is 0 Å². The van der Waals surface area contributed by atoms with Crippen LogP contribution in [0.3, 0.4) is 0 Å². The number of ether oxygens (including phenoxy) is 1. The third-order valence-electron chi connectivity index (χ3n) is 3.68. The molecule has 0 bridgehead atoms. The van der Waals surface area contributed by atoms with Crippen molar-refractivity contribution in [3.05, 3.63) is 28.3 Å². The zero-order chi connectivity index (χ0) is 19.0. The van der Waals surface area contributed by atoms with Gasteiger partial charge in [0.2, 0.25) is 0 Å². The highest BCUT2D eigenvalue weighted by Crippen LogP contribution is 2.20. The maximum absolute atomic E-state index is 12.5. The predicted octanol–water partition coefficient (Wildman–Crippen LogP) is 3.06. The summed E-state index contributed by atoms with van der Waals surface area (Å²) in [7, 11) is 1.73. The van der Waals surface area contributed by atoms with E-state index in [0.29, 0.717) is 18.6 Å². The average molecular weight is 347 g/mol. The van der Waals surface area contributed by atoms with Crippen molar-refractivity contribution in [1.29, 1.82) is 0 Å². The first-order valence-corrected chi connectivity index (χ1v) is 8.64. The number of carbonyl (C=O) groups excluding carboxylic acids is 1. The molecule has 0 radical (unpaired) electrons. The normalized spacial score (nSPS) is 12.6. The van der Waals surface area contributed by atoms with E-state index in [2.05, 4.69) is 25.8 Å². The van der Waals surface area contributed by atoms with Gasteiger partial charge in [-0.05, 0) is 38.3 Å². The van der Waals surface area contributed by atoms with Gasteiger partial charge in [0, 0.05) is 25.7 Å². The van der Waals surface area contributed by atoms with E-state index in [9.17, 15) is 9.59 Å². The van der Waals surface area contributed by atoms with Crippen LogP contribution < -0.4 is 5.69 Å². The average Bonchev–Trinajstić information content (AvgIpc) is 2.67. The molecule has 2 aromatic heterocycles. The standard InChI is InChI=1S/C19H29N3O3/c1-18(2,3)12-22-14-10-8-13(20-16(14)21(7)17(22)24)9-11-15(23)25-19(4,5)6/h8,10H,9,11-12H2,1-7H3. The molecule has 2 aromatic rings. The molecule has 0 unspecified atom stereocenters. The fourth-order valence-electron chi connectivity index (χ4n) is 2.70. The largest absolute Gasteiger partial charge is 0.460 e. The first-order valence-electron chi connectivity index (χ1n) is 8.64. The van der Waals surface area contributed by atoms with Gasteiger partial charge in [-0.25, -0.2) is 9.78 Å². The highest BCUT2D eigenvalue weighted by atomic mass is 16.6. The van der Waals surface area contributed by atoms with Crippen molar-refractivity contribution in [3.8, 4) is 0 Å². The van der Waals surface area contributed by atoms with E-state index in [1.54, 1.807) is 16.2 Å². The van der Waals surface area contributed by atoms with Crippen molar-refractivity contribution >= 4 is 17.1 Å². The molecule has 0 atom stereocenters. The van der Waals surface area contributed by atoms with E-state index < -0.39 is 5.60 Å². The molecule has 6 nitrogen and oxygen atoms in total. The molecule has 0 N–H and O–H groups in total. The van der Waals surface area contributed by atoms with Crippen LogP contribution in [0.1, 0.15) is 53.7 Å². The second-order valence-electron chi connectivity index (χ2n) is 8.72. The second kappa shape index (κ2) is 6.65. The number of aryl methyl sites for hydroxylation is 2. The molecule has 2 rings (SSSR count). The Hall–Kier alpha value is -2.11. The molecule has 0 fully saturated rings. The Labute approximate surface area is 148 Å². The van der Waals surface area contributed by atoms with E-state index in [1.807, 2.05) is 32.9 Å². The second-order valence-corrected chi connectivity index (χ2v) is 8.72. The number of hydrogen-bond acceptors (Lipinski definition) is 4. The van der Waals surface area contributed by atoms with Crippen molar-refractivity contribution in [2.75, 3.05) is 0 Å². The Morgan fingerprint density at radius 3 is 2.36 bits per heavy atom. The highest BCUT2D eigenvalue weighted by Gasteiger charge is 2.19. The van der Waals surface area contributed by atoms with Gasteiger partial charge in [-0.3, -0.25) is 13.9 Å². The van der Waals surface area contributed by atoms with E-state index >= 15 is 0 Å². The third kappa shape index (κ3) is 4.94. The number of imidazole rings is 1. The summed E-state index contributed by atoms with van der Waals surface area (Å²) in [6.07, 6.45) is 0.760. The highest BCUT2D eigenvalue weighted by molar-refractivity contribution is 5.72. The van der Waals surface area contributed by atoms with E-state index in [4.69, 9.17) is 4.74 Å². The van der Waals surface area contributed by atoms with Crippen molar-refractivity contribution in [3.63, 3.8) is 0 Å². The fraction of sp³-hybridized carbons (Fsp3) is 0.632. The van der Waals surface area contributed by atoms with Crippen molar-refractivity contribution in [2.45, 2.75) is 66.5 Å². The number of carbonyl (C=O) groups is 1. The molecule has 25 heavy (non-hydrogen) atoms. The monoisotopic (exact) mass is 347 g/mol. The van der Waals surface area contributed by atoms with Crippen molar-refractivity contribution in [1.82, 2.24) is 14.1 Å². The summed E-state index contributed by atoms with van der Waals surface area (Å²) < 4.78 is 8.65. The first kappa shape index (κ1) is 19.2. The number of hydrogen-bond donors (Lipinski definition) is 0. The van der Waals surface area contributed by atoms with Crippen LogP contribution in [0.5, 0.6) is 0 Å². The minimum atomic E-state index is -0.484. The fourth-order valence-corrected chi connectivity index (χ4v) is 2.70. The van der Waals surface area contributed by atoms with Gasteiger partial charge in [0.15, 0.2) is 5.65 Å². The number of pyridine rings is 1. The van der Waals surface area contributed by atoms with Gasteiger partial charge in [0.1, 0.15) is 5.60 Å². The Morgan fingerprint density at radius 2 is 1.80 bits per heavy atom. The lowest BCUT2D eigenvalue weighted by atomic mass is 9.97. The number of esters is 1. The third-order valence-corrected chi connectivity index (χ3v) is 3.68. The summed E-state index contributed by atoms with van der Waals surface area (Å²) in [6, 6.07) is 3.80. The van der Waals surface area contributed by atoms with Gasteiger partial charge in [0.25, 0.3) is 0 Å². The van der Waals surface area contributed by atoms with E-state index in [0.717, 1.165) is 11.2 Å². The maximum atomic E-state index is 12.5. The SMILES string of the molecule is Cn1c(=O)n(CC(C)(C)C)c2ccc(CCC(=O)OC(C)(C)C)nc21. The molecular formula is C19H29N3O3. The first-order chi connectivity index (χ1) is 11.4. The van der Waals surface area contributed by atoms with Crippen molar-refractivity contribution in [2.24, 2.45) is 12.5 Å². The lowest BCUT2D eigenvalue weighted by molar-refractivity contribution is -0.154. The summed E-state index contributed by atoms with van der Waals surface area (Å²) >= 11 is 0. The van der Waals surface area contributed by atoms with E-state index in [1.165, 1.54) is 0 Å². The Bertz CT molecular complexity index is 832. The number of rotatable bonds is 4. The number of nitrogens with zero attached hydrogens (tertiary/aromatic N) is 3. The summed E-state index contributed by atoms with van der Waals surface area (Å²) in [4.78, 5) is 29.0. The van der Waals surface area contributed by atoms with Gasteiger partial charge in [0.05, 0.1) is 11.9 Å². The van der Waals surface area contributed by atoms with Gasteiger partial charge in [-0.15, -0.1) is 0 Å². The minimum Gasteiger partial charge on any atom is -0.460 e. The van der Waals surface area contributed by atoms with Crippen LogP contribution in [0.2, 0.25) is 0 Å². The molecule has 0 spiro atoms. The molecule has 0 aromatic carbocycles.